The van der Waals surface area contributed by atoms with Crippen molar-refractivity contribution in [3.05, 3.63) is 0 Å². The molecule has 2 fully saturated rings. The number of hydrogen-bond acceptors (Lipinski definition) is 4. The largest absolute Gasteiger partial charge is 0.351 e. The highest BCUT2D eigenvalue weighted by Gasteiger charge is 2.40. The second-order valence-electron chi connectivity index (χ2n) is 6.88. The Hall–Kier alpha value is -0.650. The maximum atomic E-state index is 11.7. The van der Waals surface area contributed by atoms with E-state index in [0.29, 0.717) is 12.5 Å². The van der Waals surface area contributed by atoms with Crippen LogP contribution in [0.15, 0.2) is 0 Å². The van der Waals surface area contributed by atoms with Crippen LogP contribution in [0, 0.1) is 0 Å². The van der Waals surface area contributed by atoms with Gasteiger partial charge < -0.3 is 20.1 Å². The summed E-state index contributed by atoms with van der Waals surface area (Å²) >= 11 is 0. The monoisotopic (exact) mass is 284 g/mol. The Morgan fingerprint density at radius 1 is 1.20 bits per heavy atom. The van der Waals surface area contributed by atoms with Crippen molar-refractivity contribution in [2.45, 2.75) is 70.2 Å². The first kappa shape index (κ1) is 15.7. The molecule has 0 bridgehead atoms. The molecular formula is C15H28N2O3. The molecule has 2 N–H and O–H groups in total. The van der Waals surface area contributed by atoms with Crippen LogP contribution < -0.4 is 10.6 Å². The van der Waals surface area contributed by atoms with Crippen molar-refractivity contribution >= 4 is 5.91 Å². The van der Waals surface area contributed by atoms with E-state index < -0.39 is 0 Å². The average Bonchev–Trinajstić information content (AvgIpc) is 2.78. The van der Waals surface area contributed by atoms with Gasteiger partial charge in [0.15, 0.2) is 5.79 Å². The van der Waals surface area contributed by atoms with Gasteiger partial charge in [0.25, 0.3) is 0 Å². The van der Waals surface area contributed by atoms with E-state index in [2.05, 4.69) is 10.6 Å². The van der Waals surface area contributed by atoms with E-state index in [-0.39, 0.29) is 17.2 Å². The molecule has 1 saturated carbocycles. The van der Waals surface area contributed by atoms with Crippen molar-refractivity contribution in [1.29, 1.82) is 0 Å². The molecule has 1 aliphatic heterocycles. The molecule has 2 rings (SSSR count). The molecule has 20 heavy (non-hydrogen) atoms. The summed E-state index contributed by atoms with van der Waals surface area (Å²) in [6.45, 7) is 8.19. The highest BCUT2D eigenvalue weighted by atomic mass is 16.7. The first-order chi connectivity index (χ1) is 9.39. The van der Waals surface area contributed by atoms with Crippen molar-refractivity contribution in [3.8, 4) is 0 Å². The summed E-state index contributed by atoms with van der Waals surface area (Å²) in [6.07, 6.45) is 4.56. The van der Waals surface area contributed by atoms with Crippen molar-refractivity contribution in [3.63, 3.8) is 0 Å². The molecule has 1 spiro atoms. The number of ether oxygens (including phenoxy) is 2. The van der Waals surface area contributed by atoms with Crippen LogP contribution in [0.25, 0.3) is 0 Å². The normalized spacial score (nSPS) is 23.1. The highest BCUT2D eigenvalue weighted by molar-refractivity contribution is 5.76. The van der Waals surface area contributed by atoms with Gasteiger partial charge >= 0.3 is 0 Å². The van der Waals surface area contributed by atoms with Crippen molar-refractivity contribution < 1.29 is 14.3 Å². The summed E-state index contributed by atoms with van der Waals surface area (Å²) in [6, 6.07) is 0.482. The molecule has 5 heteroatoms. The number of amides is 1. The van der Waals surface area contributed by atoms with Crippen LogP contribution in [0.2, 0.25) is 0 Å². The van der Waals surface area contributed by atoms with Crippen molar-refractivity contribution in [1.82, 2.24) is 10.6 Å². The SMILES string of the molecule is CC(C)(C)NC(=O)CCNC1CCC2(CC1)OCCO2. The minimum absolute atomic E-state index is 0.111. The second kappa shape index (κ2) is 6.41. The third-order valence-electron chi connectivity index (χ3n) is 3.86. The van der Waals surface area contributed by atoms with E-state index in [9.17, 15) is 4.79 Å². The van der Waals surface area contributed by atoms with Crippen molar-refractivity contribution in [2.75, 3.05) is 19.8 Å². The summed E-state index contributed by atoms with van der Waals surface area (Å²) in [4.78, 5) is 11.7. The summed E-state index contributed by atoms with van der Waals surface area (Å²) < 4.78 is 11.4. The van der Waals surface area contributed by atoms with Crippen LogP contribution in [0.4, 0.5) is 0 Å². The summed E-state index contributed by atoms with van der Waals surface area (Å²) in [5, 5.41) is 6.45. The molecular weight excluding hydrogens is 256 g/mol. The van der Waals surface area contributed by atoms with E-state index in [4.69, 9.17) is 9.47 Å². The number of hydrogen-bond donors (Lipinski definition) is 2. The van der Waals surface area contributed by atoms with Crippen LogP contribution in [-0.4, -0.2) is 43.0 Å². The molecule has 0 atom stereocenters. The fourth-order valence-corrected chi connectivity index (χ4v) is 2.92. The quantitative estimate of drug-likeness (QED) is 0.822. The Bertz CT molecular complexity index is 323. The van der Waals surface area contributed by atoms with E-state index >= 15 is 0 Å². The molecule has 2 aliphatic rings. The molecule has 0 aromatic rings. The van der Waals surface area contributed by atoms with Gasteiger partial charge in [0.05, 0.1) is 13.2 Å². The van der Waals surface area contributed by atoms with Gasteiger partial charge in [-0.25, -0.2) is 0 Å². The second-order valence-corrected chi connectivity index (χ2v) is 6.88. The molecule has 0 aromatic heterocycles. The predicted molar refractivity (Wildman–Crippen MR) is 77.4 cm³/mol. The summed E-state index contributed by atoms with van der Waals surface area (Å²) in [5.41, 5.74) is -0.147. The van der Waals surface area contributed by atoms with Gasteiger partial charge in [-0.1, -0.05) is 0 Å². The van der Waals surface area contributed by atoms with Gasteiger partial charge in [-0.3, -0.25) is 4.79 Å². The van der Waals surface area contributed by atoms with Gasteiger partial charge in [0.2, 0.25) is 5.91 Å². The zero-order chi connectivity index (χ0) is 14.6. The van der Waals surface area contributed by atoms with Gasteiger partial charge in [-0.2, -0.15) is 0 Å². The maximum Gasteiger partial charge on any atom is 0.221 e. The fourth-order valence-electron chi connectivity index (χ4n) is 2.92. The van der Waals surface area contributed by atoms with Crippen LogP contribution in [-0.2, 0) is 14.3 Å². The van der Waals surface area contributed by atoms with Crippen LogP contribution in [0.3, 0.4) is 0 Å². The average molecular weight is 284 g/mol. The zero-order valence-electron chi connectivity index (χ0n) is 13.0. The lowest BCUT2D eigenvalue weighted by molar-refractivity contribution is -0.179. The Kier molecular flexibility index (Phi) is 5.04. The van der Waals surface area contributed by atoms with Crippen LogP contribution in [0.1, 0.15) is 52.9 Å². The molecule has 1 amide bonds. The first-order valence-corrected chi connectivity index (χ1v) is 7.71. The number of carbonyl (C=O) groups excluding carboxylic acids is 1. The number of carbonyl (C=O) groups is 1. The molecule has 1 aliphatic carbocycles. The standard InChI is InChI=1S/C15H28N2O3/c1-14(2,3)17-13(18)6-9-16-12-4-7-15(8-5-12)19-10-11-20-15/h12,16H,4-11H2,1-3H3,(H,17,18). The van der Waals surface area contributed by atoms with E-state index in [0.717, 1.165) is 45.4 Å². The Morgan fingerprint density at radius 2 is 1.80 bits per heavy atom. The lowest BCUT2D eigenvalue weighted by Gasteiger charge is -2.35. The minimum Gasteiger partial charge on any atom is -0.351 e. The molecule has 0 unspecified atom stereocenters. The number of nitrogens with one attached hydrogen (secondary N) is 2. The van der Waals surface area contributed by atoms with Gasteiger partial charge in [0, 0.05) is 37.4 Å². The maximum absolute atomic E-state index is 11.7. The third-order valence-corrected chi connectivity index (χ3v) is 3.86. The molecule has 0 aromatic carbocycles. The lowest BCUT2D eigenvalue weighted by atomic mass is 9.90. The summed E-state index contributed by atoms with van der Waals surface area (Å²) in [5.74, 6) is -0.179. The molecule has 116 valence electrons. The van der Waals surface area contributed by atoms with Gasteiger partial charge in [-0.05, 0) is 33.6 Å². The molecule has 1 heterocycles. The molecule has 0 radical (unpaired) electrons. The minimum atomic E-state index is -0.290. The van der Waals surface area contributed by atoms with Gasteiger partial charge in [0.1, 0.15) is 0 Å². The van der Waals surface area contributed by atoms with E-state index in [1.54, 1.807) is 0 Å². The van der Waals surface area contributed by atoms with Gasteiger partial charge in [-0.15, -0.1) is 0 Å². The first-order valence-electron chi connectivity index (χ1n) is 7.71. The Balaban J connectivity index is 1.60. The fraction of sp³-hybridized carbons (Fsp3) is 0.933. The molecule has 5 nitrogen and oxygen atoms in total. The van der Waals surface area contributed by atoms with Crippen LogP contribution >= 0.6 is 0 Å². The number of rotatable bonds is 4. The molecule has 1 saturated heterocycles. The third kappa shape index (κ3) is 4.72. The van der Waals surface area contributed by atoms with Crippen molar-refractivity contribution in [2.24, 2.45) is 0 Å². The van der Waals surface area contributed by atoms with E-state index in [1.165, 1.54) is 0 Å². The zero-order valence-corrected chi connectivity index (χ0v) is 13.0. The topological polar surface area (TPSA) is 59.6 Å². The smallest absolute Gasteiger partial charge is 0.221 e. The van der Waals surface area contributed by atoms with E-state index in [1.807, 2.05) is 20.8 Å². The Morgan fingerprint density at radius 3 is 2.35 bits per heavy atom. The summed E-state index contributed by atoms with van der Waals surface area (Å²) in [7, 11) is 0. The highest BCUT2D eigenvalue weighted by Crippen LogP contribution is 2.35. The van der Waals surface area contributed by atoms with Crippen LogP contribution in [0.5, 0.6) is 0 Å². The lowest BCUT2D eigenvalue weighted by Crippen LogP contribution is -2.44. The predicted octanol–water partition coefficient (Wildman–Crippen LogP) is 1.57. The Labute approximate surface area is 121 Å².